The van der Waals surface area contributed by atoms with Gasteiger partial charge in [-0.15, -0.1) is 0 Å². The van der Waals surface area contributed by atoms with Crippen molar-refractivity contribution in [2.24, 2.45) is 0 Å². The minimum absolute atomic E-state index is 0.0734. The average molecular weight is 267 g/mol. The van der Waals surface area contributed by atoms with E-state index in [2.05, 4.69) is 4.90 Å². The molecule has 0 saturated carbocycles. The highest BCUT2D eigenvalue weighted by atomic mass is 19.1. The van der Waals surface area contributed by atoms with Crippen LogP contribution < -0.4 is 4.74 Å². The van der Waals surface area contributed by atoms with Gasteiger partial charge in [-0.3, -0.25) is 0 Å². The molecule has 1 aromatic carbocycles. The molecule has 0 spiro atoms. The summed E-state index contributed by atoms with van der Waals surface area (Å²) in [5, 5.41) is 8.79. The molecule has 0 aromatic heterocycles. The molecule has 0 aliphatic carbocycles. The Morgan fingerprint density at radius 2 is 2.26 bits per heavy atom. The smallest absolute Gasteiger partial charge is 0.335 e. The second-order valence-corrected chi connectivity index (χ2v) is 5.34. The molecule has 104 valence electrons. The fraction of sp³-hybridized carbons (Fsp3) is 0.500. The summed E-state index contributed by atoms with van der Waals surface area (Å²) in [4.78, 5) is 12.9. The lowest BCUT2D eigenvalue weighted by atomic mass is 9.95. The van der Waals surface area contributed by atoms with E-state index < -0.39 is 17.4 Å². The average Bonchev–Trinajstić information content (AvgIpc) is 2.31. The van der Waals surface area contributed by atoms with E-state index in [0.29, 0.717) is 0 Å². The van der Waals surface area contributed by atoms with Gasteiger partial charge in [0, 0.05) is 6.54 Å². The van der Waals surface area contributed by atoms with Crippen LogP contribution in [0.4, 0.5) is 4.39 Å². The van der Waals surface area contributed by atoms with Crippen molar-refractivity contribution in [3.05, 3.63) is 29.6 Å². The Labute approximate surface area is 111 Å². The van der Waals surface area contributed by atoms with Gasteiger partial charge >= 0.3 is 5.97 Å². The molecular weight excluding hydrogens is 249 g/mol. The summed E-state index contributed by atoms with van der Waals surface area (Å²) < 4.78 is 19.6. The Hall–Kier alpha value is -1.62. The molecule has 1 unspecified atom stereocenters. The number of ether oxygens (including phenoxy) is 1. The van der Waals surface area contributed by atoms with Crippen LogP contribution in [0.3, 0.4) is 0 Å². The van der Waals surface area contributed by atoms with E-state index >= 15 is 0 Å². The van der Waals surface area contributed by atoms with Crippen molar-refractivity contribution >= 4 is 5.97 Å². The summed E-state index contributed by atoms with van der Waals surface area (Å²) in [5.41, 5.74) is -0.505. The number of piperidine rings is 1. The number of hydrogen-bond acceptors (Lipinski definition) is 3. The van der Waals surface area contributed by atoms with Crippen LogP contribution in [0.15, 0.2) is 18.2 Å². The second kappa shape index (κ2) is 5.17. The summed E-state index contributed by atoms with van der Waals surface area (Å²) in [6.07, 6.45) is 1.86. The van der Waals surface area contributed by atoms with E-state index in [9.17, 15) is 9.18 Å². The first-order valence-corrected chi connectivity index (χ1v) is 6.30. The fourth-order valence-corrected chi connectivity index (χ4v) is 2.52. The molecule has 19 heavy (non-hydrogen) atoms. The van der Waals surface area contributed by atoms with E-state index in [0.717, 1.165) is 32.0 Å². The maximum absolute atomic E-state index is 13.8. The van der Waals surface area contributed by atoms with E-state index in [1.807, 2.05) is 14.0 Å². The number of nitrogens with zero attached hydrogens (tertiary/aromatic N) is 1. The molecule has 0 amide bonds. The Bertz CT molecular complexity index is 492. The van der Waals surface area contributed by atoms with Gasteiger partial charge in [0.05, 0.1) is 5.56 Å². The van der Waals surface area contributed by atoms with Gasteiger partial charge in [-0.05, 0) is 51.6 Å². The molecule has 1 saturated heterocycles. The van der Waals surface area contributed by atoms with Gasteiger partial charge in [-0.1, -0.05) is 0 Å². The zero-order valence-corrected chi connectivity index (χ0v) is 11.1. The number of hydrogen-bond donors (Lipinski definition) is 1. The summed E-state index contributed by atoms with van der Waals surface area (Å²) >= 11 is 0. The van der Waals surface area contributed by atoms with Gasteiger partial charge in [0.15, 0.2) is 11.6 Å². The minimum Gasteiger partial charge on any atom is -0.483 e. The van der Waals surface area contributed by atoms with E-state index in [4.69, 9.17) is 9.84 Å². The minimum atomic E-state index is -1.14. The predicted molar refractivity (Wildman–Crippen MR) is 69.1 cm³/mol. The van der Waals surface area contributed by atoms with Crippen molar-refractivity contribution < 1.29 is 19.0 Å². The van der Waals surface area contributed by atoms with Crippen LogP contribution >= 0.6 is 0 Å². The highest BCUT2D eigenvalue weighted by molar-refractivity contribution is 5.87. The van der Waals surface area contributed by atoms with Crippen LogP contribution in [0.1, 0.15) is 30.1 Å². The van der Waals surface area contributed by atoms with Crippen LogP contribution in [0.25, 0.3) is 0 Å². The number of aromatic carboxylic acids is 1. The van der Waals surface area contributed by atoms with Crippen molar-refractivity contribution in [3.63, 3.8) is 0 Å². The molecule has 1 aromatic rings. The van der Waals surface area contributed by atoms with Crippen molar-refractivity contribution in [3.8, 4) is 5.75 Å². The highest BCUT2D eigenvalue weighted by Crippen LogP contribution is 2.29. The van der Waals surface area contributed by atoms with Gasteiger partial charge in [-0.2, -0.15) is 0 Å². The van der Waals surface area contributed by atoms with Crippen LogP contribution in [0.2, 0.25) is 0 Å². The third kappa shape index (κ3) is 3.23. The highest BCUT2D eigenvalue weighted by Gasteiger charge is 2.32. The zero-order chi connectivity index (χ0) is 14.0. The Kier molecular flexibility index (Phi) is 3.75. The van der Waals surface area contributed by atoms with Gasteiger partial charge in [0.2, 0.25) is 0 Å². The maximum Gasteiger partial charge on any atom is 0.335 e. The molecule has 1 aliphatic heterocycles. The van der Waals surface area contributed by atoms with Crippen molar-refractivity contribution in [1.29, 1.82) is 0 Å². The fourth-order valence-electron chi connectivity index (χ4n) is 2.52. The summed E-state index contributed by atoms with van der Waals surface area (Å²) in [5.74, 6) is -1.66. The third-order valence-corrected chi connectivity index (χ3v) is 3.39. The molecule has 0 bridgehead atoms. The van der Waals surface area contributed by atoms with E-state index in [1.54, 1.807) is 0 Å². The molecule has 0 radical (unpaired) electrons. The maximum atomic E-state index is 13.8. The quantitative estimate of drug-likeness (QED) is 0.913. The summed E-state index contributed by atoms with van der Waals surface area (Å²) in [6.45, 7) is 3.69. The zero-order valence-electron chi connectivity index (χ0n) is 11.1. The summed E-state index contributed by atoms with van der Waals surface area (Å²) in [6, 6.07) is 3.74. The van der Waals surface area contributed by atoms with Gasteiger partial charge in [-0.25, -0.2) is 9.18 Å². The topological polar surface area (TPSA) is 49.8 Å². The number of likely N-dealkylation sites (N-methyl/N-ethyl adjacent to an activating group) is 1. The molecule has 5 heteroatoms. The molecule has 1 N–H and O–H groups in total. The standard InChI is InChI=1S/C14H18FNO3/c1-14(6-3-7-16(2)9-14)19-12-5-4-10(13(17)18)8-11(12)15/h4-5,8H,3,6-7,9H2,1-2H3,(H,17,18). The molecule has 1 atom stereocenters. The Morgan fingerprint density at radius 1 is 1.53 bits per heavy atom. The number of carbonyl (C=O) groups is 1. The lowest BCUT2D eigenvalue weighted by Gasteiger charge is -2.39. The van der Waals surface area contributed by atoms with Gasteiger partial charge in [0.1, 0.15) is 5.60 Å². The monoisotopic (exact) mass is 267 g/mol. The summed E-state index contributed by atoms with van der Waals surface area (Å²) in [7, 11) is 2.00. The largest absolute Gasteiger partial charge is 0.483 e. The van der Waals surface area contributed by atoms with Crippen molar-refractivity contribution in [1.82, 2.24) is 4.90 Å². The van der Waals surface area contributed by atoms with Crippen LogP contribution in [0.5, 0.6) is 5.75 Å². The van der Waals surface area contributed by atoms with Crippen LogP contribution in [0, 0.1) is 5.82 Å². The Morgan fingerprint density at radius 3 is 2.84 bits per heavy atom. The lowest BCUT2D eigenvalue weighted by Crippen LogP contribution is -2.48. The lowest BCUT2D eigenvalue weighted by molar-refractivity contribution is 0.0126. The third-order valence-electron chi connectivity index (χ3n) is 3.39. The normalized spacial score (nSPS) is 24.2. The van der Waals surface area contributed by atoms with Crippen LogP contribution in [-0.2, 0) is 0 Å². The second-order valence-electron chi connectivity index (χ2n) is 5.34. The number of likely N-dealkylation sites (tertiary alicyclic amines) is 1. The van der Waals surface area contributed by atoms with Crippen LogP contribution in [-0.4, -0.2) is 41.7 Å². The molecule has 2 rings (SSSR count). The van der Waals surface area contributed by atoms with Gasteiger partial charge in [0.25, 0.3) is 0 Å². The number of benzene rings is 1. The van der Waals surface area contributed by atoms with E-state index in [-0.39, 0.29) is 11.3 Å². The first-order valence-electron chi connectivity index (χ1n) is 6.30. The SMILES string of the molecule is CN1CCCC(C)(Oc2ccc(C(=O)O)cc2F)C1. The number of carboxylic acids is 1. The molecule has 1 heterocycles. The van der Waals surface area contributed by atoms with Crippen molar-refractivity contribution in [2.75, 3.05) is 20.1 Å². The number of rotatable bonds is 3. The van der Waals surface area contributed by atoms with Gasteiger partial charge < -0.3 is 14.7 Å². The molecular formula is C14H18FNO3. The Balaban J connectivity index is 2.16. The first-order chi connectivity index (χ1) is 8.89. The van der Waals surface area contributed by atoms with Crippen molar-refractivity contribution in [2.45, 2.75) is 25.4 Å². The van der Waals surface area contributed by atoms with E-state index in [1.165, 1.54) is 12.1 Å². The first kappa shape index (κ1) is 13.8. The molecule has 4 nitrogen and oxygen atoms in total. The number of carboxylic acid groups (broad SMARTS) is 1. The predicted octanol–water partition coefficient (Wildman–Crippen LogP) is 2.39. The molecule has 1 fully saturated rings. The molecule has 1 aliphatic rings. The number of halogens is 1.